The predicted octanol–water partition coefficient (Wildman–Crippen LogP) is 2.28. The standard InChI is InChI=1S/C16H25ClN2O2/c1-12(2)8-18-9-14-15(17)4-3-5-16(14)19-6-7-21-11-13(19)10-20/h3-5,12-13,18,20H,6-11H2,1-2H3. The summed E-state index contributed by atoms with van der Waals surface area (Å²) in [5, 5.41) is 13.8. The second-order valence-corrected chi connectivity index (χ2v) is 6.27. The molecule has 4 nitrogen and oxygen atoms in total. The Labute approximate surface area is 132 Å². The molecule has 1 saturated heterocycles. The Kier molecular flexibility index (Phi) is 6.30. The topological polar surface area (TPSA) is 44.7 Å². The molecule has 1 atom stereocenters. The van der Waals surface area contributed by atoms with Gasteiger partial charge in [0.15, 0.2) is 0 Å². The van der Waals surface area contributed by atoms with Gasteiger partial charge in [-0.3, -0.25) is 0 Å². The van der Waals surface area contributed by atoms with Crippen LogP contribution in [-0.4, -0.2) is 44.1 Å². The molecule has 1 aromatic rings. The van der Waals surface area contributed by atoms with Crippen LogP contribution in [0.25, 0.3) is 0 Å². The van der Waals surface area contributed by atoms with Crippen molar-refractivity contribution < 1.29 is 9.84 Å². The number of benzene rings is 1. The maximum Gasteiger partial charge on any atom is 0.0755 e. The van der Waals surface area contributed by atoms with Crippen LogP contribution in [0.4, 0.5) is 5.69 Å². The van der Waals surface area contributed by atoms with Gasteiger partial charge in [0, 0.05) is 29.4 Å². The Morgan fingerprint density at radius 3 is 3.00 bits per heavy atom. The molecular weight excluding hydrogens is 288 g/mol. The van der Waals surface area contributed by atoms with Gasteiger partial charge >= 0.3 is 0 Å². The molecule has 1 unspecified atom stereocenters. The molecule has 5 heteroatoms. The molecule has 0 radical (unpaired) electrons. The summed E-state index contributed by atoms with van der Waals surface area (Å²) in [5.41, 5.74) is 2.20. The number of nitrogens with zero attached hydrogens (tertiary/aromatic N) is 1. The van der Waals surface area contributed by atoms with Crippen molar-refractivity contribution in [2.45, 2.75) is 26.4 Å². The molecular formula is C16H25ClN2O2. The summed E-state index contributed by atoms with van der Waals surface area (Å²) in [7, 11) is 0. The van der Waals surface area contributed by atoms with E-state index >= 15 is 0 Å². The van der Waals surface area contributed by atoms with E-state index in [-0.39, 0.29) is 12.6 Å². The number of morpholine rings is 1. The van der Waals surface area contributed by atoms with Crippen molar-refractivity contribution in [2.75, 3.05) is 37.8 Å². The number of rotatable bonds is 6. The molecule has 0 bridgehead atoms. The number of hydrogen-bond donors (Lipinski definition) is 2. The van der Waals surface area contributed by atoms with Crippen molar-refractivity contribution in [3.8, 4) is 0 Å². The lowest BCUT2D eigenvalue weighted by atomic mass is 10.1. The SMILES string of the molecule is CC(C)CNCc1c(Cl)cccc1N1CCOCC1CO. The lowest BCUT2D eigenvalue weighted by molar-refractivity contribution is 0.0726. The second-order valence-electron chi connectivity index (χ2n) is 5.87. The molecule has 1 aromatic carbocycles. The van der Waals surface area contributed by atoms with E-state index in [1.165, 1.54) is 0 Å². The molecule has 0 aliphatic carbocycles. The average molecular weight is 313 g/mol. The molecule has 118 valence electrons. The van der Waals surface area contributed by atoms with Gasteiger partial charge in [-0.2, -0.15) is 0 Å². The molecule has 0 aromatic heterocycles. The van der Waals surface area contributed by atoms with Crippen LogP contribution in [-0.2, 0) is 11.3 Å². The summed E-state index contributed by atoms with van der Waals surface area (Å²) in [4.78, 5) is 2.21. The number of aliphatic hydroxyl groups is 1. The number of ether oxygens (including phenoxy) is 1. The van der Waals surface area contributed by atoms with Crippen LogP contribution in [0, 0.1) is 5.92 Å². The summed E-state index contributed by atoms with van der Waals surface area (Å²) in [6.45, 7) is 8.17. The van der Waals surface area contributed by atoms with Crippen molar-refractivity contribution in [3.05, 3.63) is 28.8 Å². The van der Waals surface area contributed by atoms with Crippen LogP contribution < -0.4 is 10.2 Å². The van der Waals surface area contributed by atoms with Crippen LogP contribution in [0.5, 0.6) is 0 Å². The maximum absolute atomic E-state index is 9.56. The second kappa shape index (κ2) is 7.99. The summed E-state index contributed by atoms with van der Waals surface area (Å²) in [5.74, 6) is 0.601. The van der Waals surface area contributed by atoms with E-state index in [0.29, 0.717) is 19.1 Å². The van der Waals surface area contributed by atoms with E-state index in [9.17, 15) is 5.11 Å². The zero-order chi connectivity index (χ0) is 15.2. The molecule has 2 N–H and O–H groups in total. The highest BCUT2D eigenvalue weighted by Crippen LogP contribution is 2.30. The monoisotopic (exact) mass is 312 g/mol. The maximum atomic E-state index is 9.56. The minimum Gasteiger partial charge on any atom is -0.394 e. The molecule has 1 aliphatic heterocycles. The van der Waals surface area contributed by atoms with Gasteiger partial charge in [-0.25, -0.2) is 0 Å². The van der Waals surface area contributed by atoms with Gasteiger partial charge in [0.2, 0.25) is 0 Å². The van der Waals surface area contributed by atoms with Crippen molar-refractivity contribution in [1.82, 2.24) is 5.32 Å². The van der Waals surface area contributed by atoms with Gasteiger partial charge in [0.05, 0.1) is 25.9 Å². The third-order valence-corrected chi connectivity index (χ3v) is 4.05. The van der Waals surface area contributed by atoms with E-state index in [4.69, 9.17) is 16.3 Å². The van der Waals surface area contributed by atoms with Crippen molar-refractivity contribution in [3.63, 3.8) is 0 Å². The molecule has 1 heterocycles. The third-order valence-electron chi connectivity index (χ3n) is 3.70. The third kappa shape index (κ3) is 4.33. The van der Waals surface area contributed by atoms with E-state index in [1.54, 1.807) is 0 Å². The minimum absolute atomic E-state index is 0.000986. The molecule has 0 saturated carbocycles. The van der Waals surface area contributed by atoms with E-state index in [0.717, 1.165) is 35.9 Å². The number of hydrogen-bond acceptors (Lipinski definition) is 4. The fraction of sp³-hybridized carbons (Fsp3) is 0.625. The van der Waals surface area contributed by atoms with Gasteiger partial charge in [-0.05, 0) is 24.6 Å². The van der Waals surface area contributed by atoms with Crippen LogP contribution in [0.1, 0.15) is 19.4 Å². The van der Waals surface area contributed by atoms with Crippen LogP contribution in [0.15, 0.2) is 18.2 Å². The fourth-order valence-corrected chi connectivity index (χ4v) is 2.84. The Balaban J connectivity index is 2.19. The summed E-state index contributed by atoms with van der Waals surface area (Å²) < 4.78 is 5.46. The lowest BCUT2D eigenvalue weighted by Crippen LogP contribution is -2.48. The van der Waals surface area contributed by atoms with Gasteiger partial charge in [0.1, 0.15) is 0 Å². The smallest absolute Gasteiger partial charge is 0.0755 e. The highest BCUT2D eigenvalue weighted by molar-refractivity contribution is 6.31. The number of aliphatic hydroxyl groups excluding tert-OH is 1. The van der Waals surface area contributed by atoms with Crippen molar-refractivity contribution >= 4 is 17.3 Å². The van der Waals surface area contributed by atoms with Crippen LogP contribution in [0.2, 0.25) is 5.02 Å². The molecule has 0 spiro atoms. The fourth-order valence-electron chi connectivity index (χ4n) is 2.60. The largest absolute Gasteiger partial charge is 0.394 e. The van der Waals surface area contributed by atoms with Gasteiger partial charge < -0.3 is 20.1 Å². The molecule has 1 aliphatic rings. The van der Waals surface area contributed by atoms with Gasteiger partial charge in [-0.1, -0.05) is 31.5 Å². The van der Waals surface area contributed by atoms with E-state index in [2.05, 4.69) is 30.1 Å². The minimum atomic E-state index is 0.000986. The summed E-state index contributed by atoms with van der Waals surface area (Å²) in [6.07, 6.45) is 0. The molecule has 2 rings (SSSR count). The van der Waals surface area contributed by atoms with Crippen LogP contribution >= 0.6 is 11.6 Å². The first-order chi connectivity index (χ1) is 10.1. The zero-order valence-electron chi connectivity index (χ0n) is 12.8. The predicted molar refractivity (Wildman–Crippen MR) is 87.0 cm³/mol. The zero-order valence-corrected chi connectivity index (χ0v) is 13.6. The first kappa shape index (κ1) is 16.6. The quantitative estimate of drug-likeness (QED) is 0.846. The number of nitrogens with one attached hydrogen (secondary N) is 1. The molecule has 21 heavy (non-hydrogen) atoms. The Morgan fingerprint density at radius 1 is 1.48 bits per heavy atom. The Bertz CT molecular complexity index is 454. The van der Waals surface area contributed by atoms with Crippen molar-refractivity contribution in [2.24, 2.45) is 5.92 Å². The lowest BCUT2D eigenvalue weighted by Gasteiger charge is -2.37. The highest BCUT2D eigenvalue weighted by Gasteiger charge is 2.25. The normalized spacial score (nSPS) is 19.3. The molecule has 1 fully saturated rings. The van der Waals surface area contributed by atoms with Gasteiger partial charge in [0.25, 0.3) is 0 Å². The summed E-state index contributed by atoms with van der Waals surface area (Å²) in [6, 6.07) is 5.96. The average Bonchev–Trinajstić information content (AvgIpc) is 2.48. The van der Waals surface area contributed by atoms with E-state index < -0.39 is 0 Å². The van der Waals surface area contributed by atoms with Gasteiger partial charge in [-0.15, -0.1) is 0 Å². The Morgan fingerprint density at radius 2 is 2.29 bits per heavy atom. The summed E-state index contributed by atoms with van der Waals surface area (Å²) >= 11 is 6.39. The number of anilines is 1. The first-order valence-electron chi connectivity index (χ1n) is 7.56. The highest BCUT2D eigenvalue weighted by atomic mass is 35.5. The Hall–Kier alpha value is -0.810. The molecule has 0 amide bonds. The van der Waals surface area contributed by atoms with Crippen molar-refractivity contribution in [1.29, 1.82) is 0 Å². The number of halogens is 1. The first-order valence-corrected chi connectivity index (χ1v) is 7.94. The van der Waals surface area contributed by atoms with E-state index in [1.807, 2.05) is 12.1 Å². The van der Waals surface area contributed by atoms with Crippen LogP contribution in [0.3, 0.4) is 0 Å².